The maximum atomic E-state index is 14.0. The van der Waals surface area contributed by atoms with E-state index in [0.29, 0.717) is 42.3 Å². The van der Waals surface area contributed by atoms with Gasteiger partial charge in [-0.05, 0) is 68.1 Å². The van der Waals surface area contributed by atoms with Gasteiger partial charge >= 0.3 is 0 Å². The number of piperidine rings is 1. The summed E-state index contributed by atoms with van der Waals surface area (Å²) in [6.45, 7) is 2.70. The quantitative estimate of drug-likeness (QED) is 0.0804. The SMILES string of the molecule is CCOc1cc(C(CS(C)(=O)=O)N2C(=O)c3cccc(NC(=O)CCCCCCCCCCCNc4cccc5c4C(=O)N(C4CCC(=O)NC4=O)C5=O)c3C2=O)ccc1OC. The number of methoxy groups -OCH3 is 1. The number of imide groups is 3. The number of anilines is 2. The summed E-state index contributed by atoms with van der Waals surface area (Å²) in [6, 6.07) is 12.2. The van der Waals surface area contributed by atoms with Crippen LogP contribution in [0.5, 0.6) is 11.5 Å². The Morgan fingerprint density at radius 3 is 2.06 bits per heavy atom. The smallest absolute Gasteiger partial charge is 0.264 e. The van der Waals surface area contributed by atoms with E-state index in [4.69, 9.17) is 9.47 Å². The highest BCUT2D eigenvalue weighted by Gasteiger charge is 2.46. The molecule has 0 bridgehead atoms. The minimum Gasteiger partial charge on any atom is -0.493 e. The molecule has 6 rings (SSSR count). The molecule has 0 aromatic heterocycles. The number of benzene rings is 3. The van der Waals surface area contributed by atoms with Gasteiger partial charge in [-0.25, -0.2) is 8.42 Å². The number of hydrogen-bond donors (Lipinski definition) is 3. The standard InChI is InChI=1S/C45H53N5O11S/c1-4-61-36-26-28(21-23-35(36)60-2)34(27-62(3,58)59)50-43(55)30-17-15-19-32(40(30)45(50)57)47-37(51)20-12-10-8-6-5-7-9-11-13-25-46-31-18-14-16-29-39(31)44(56)49(42(29)54)33-22-24-38(52)48-41(33)53/h14-19,21,23,26,33-34,46H,4-13,20,22,24-25,27H2,1-3H3,(H,47,51)(H,48,52,53). The molecule has 16 nitrogen and oxygen atoms in total. The summed E-state index contributed by atoms with van der Waals surface area (Å²) in [7, 11) is -2.21. The molecule has 3 aliphatic rings. The van der Waals surface area contributed by atoms with Crippen LogP contribution in [0.3, 0.4) is 0 Å². The molecule has 17 heteroatoms. The molecule has 0 aliphatic carbocycles. The molecule has 330 valence electrons. The highest BCUT2D eigenvalue weighted by Crippen LogP contribution is 2.39. The van der Waals surface area contributed by atoms with Crippen molar-refractivity contribution in [3.8, 4) is 11.5 Å². The first-order chi connectivity index (χ1) is 29.7. The Morgan fingerprint density at radius 1 is 0.790 bits per heavy atom. The molecule has 0 saturated carbocycles. The first-order valence-electron chi connectivity index (χ1n) is 21.1. The molecule has 3 N–H and O–H groups in total. The van der Waals surface area contributed by atoms with Gasteiger partial charge in [0.15, 0.2) is 11.5 Å². The Kier molecular flexibility index (Phi) is 14.8. The van der Waals surface area contributed by atoms with E-state index in [1.165, 1.54) is 13.2 Å². The molecule has 2 atom stereocenters. The van der Waals surface area contributed by atoms with Crippen molar-refractivity contribution < 1.29 is 51.5 Å². The number of sulfone groups is 1. The monoisotopic (exact) mass is 871 g/mol. The summed E-state index contributed by atoms with van der Waals surface area (Å²) >= 11 is 0. The average molecular weight is 872 g/mol. The highest BCUT2D eigenvalue weighted by atomic mass is 32.2. The molecule has 3 aromatic carbocycles. The average Bonchev–Trinajstić information content (AvgIpc) is 3.64. The van der Waals surface area contributed by atoms with Crippen molar-refractivity contribution in [3.63, 3.8) is 0 Å². The summed E-state index contributed by atoms with van der Waals surface area (Å²) in [5.74, 6) is -3.54. The molecule has 0 spiro atoms. The van der Waals surface area contributed by atoms with Gasteiger partial charge in [-0.1, -0.05) is 63.1 Å². The van der Waals surface area contributed by atoms with Crippen molar-refractivity contribution in [2.24, 2.45) is 0 Å². The van der Waals surface area contributed by atoms with E-state index in [1.54, 1.807) is 55.5 Å². The molecule has 3 aliphatic heterocycles. The zero-order valence-electron chi connectivity index (χ0n) is 35.3. The zero-order chi connectivity index (χ0) is 44.6. The normalized spacial score (nSPS) is 16.6. The van der Waals surface area contributed by atoms with Gasteiger partial charge in [0, 0.05) is 31.3 Å². The Bertz CT molecular complexity index is 2360. The number of fused-ring (bicyclic) bond motifs is 2. The summed E-state index contributed by atoms with van der Waals surface area (Å²) < 4.78 is 36.2. The van der Waals surface area contributed by atoms with Crippen LogP contribution in [-0.2, 0) is 24.2 Å². The lowest BCUT2D eigenvalue weighted by Crippen LogP contribution is -2.54. The van der Waals surface area contributed by atoms with E-state index in [0.717, 1.165) is 67.4 Å². The number of nitrogens with one attached hydrogen (secondary N) is 3. The van der Waals surface area contributed by atoms with Gasteiger partial charge in [-0.3, -0.25) is 48.7 Å². The lowest BCUT2D eigenvalue weighted by atomic mass is 10.0. The van der Waals surface area contributed by atoms with E-state index in [2.05, 4.69) is 16.0 Å². The fraction of sp³-hybridized carbons (Fsp3) is 0.444. The molecule has 3 aromatic rings. The third-order valence-electron chi connectivity index (χ3n) is 11.2. The number of carbonyl (C=O) groups is 7. The third kappa shape index (κ3) is 10.3. The number of hydrogen-bond acceptors (Lipinski definition) is 12. The van der Waals surface area contributed by atoms with Gasteiger partial charge in [-0.2, -0.15) is 0 Å². The van der Waals surface area contributed by atoms with Gasteiger partial charge in [0.05, 0.1) is 53.5 Å². The summed E-state index contributed by atoms with van der Waals surface area (Å²) in [6.07, 6.45) is 9.85. The van der Waals surface area contributed by atoms with Crippen molar-refractivity contribution in [2.45, 2.75) is 96.1 Å². The molecule has 2 unspecified atom stereocenters. The molecule has 1 saturated heterocycles. The van der Waals surface area contributed by atoms with Gasteiger partial charge in [0.25, 0.3) is 23.6 Å². The van der Waals surface area contributed by atoms with Crippen molar-refractivity contribution in [1.82, 2.24) is 15.1 Å². The van der Waals surface area contributed by atoms with Gasteiger partial charge < -0.3 is 20.1 Å². The molecule has 62 heavy (non-hydrogen) atoms. The lowest BCUT2D eigenvalue weighted by Gasteiger charge is -2.27. The van der Waals surface area contributed by atoms with Crippen molar-refractivity contribution in [3.05, 3.63) is 82.4 Å². The number of amides is 7. The Balaban J connectivity index is 0.904. The molecule has 1 fully saturated rings. The number of nitrogens with zero attached hydrogens (tertiary/aromatic N) is 2. The second kappa shape index (κ2) is 20.2. The van der Waals surface area contributed by atoms with E-state index in [1.807, 2.05) is 0 Å². The van der Waals surface area contributed by atoms with Crippen LogP contribution in [0.4, 0.5) is 11.4 Å². The first kappa shape index (κ1) is 45.4. The second-order valence-electron chi connectivity index (χ2n) is 15.7. The van der Waals surface area contributed by atoms with Crippen LogP contribution in [0.15, 0.2) is 54.6 Å². The second-order valence-corrected chi connectivity index (χ2v) is 17.9. The minimum atomic E-state index is -3.68. The maximum Gasteiger partial charge on any atom is 0.264 e. The van der Waals surface area contributed by atoms with E-state index in [9.17, 15) is 42.0 Å². The summed E-state index contributed by atoms with van der Waals surface area (Å²) in [5.41, 5.74) is 1.71. The number of carbonyl (C=O) groups excluding carboxylic acids is 7. The van der Waals surface area contributed by atoms with Gasteiger partial charge in [0.1, 0.15) is 15.9 Å². The minimum absolute atomic E-state index is 0.0206. The van der Waals surface area contributed by atoms with Gasteiger partial charge in [-0.15, -0.1) is 0 Å². The van der Waals surface area contributed by atoms with Crippen LogP contribution in [-0.4, -0.2) is 97.9 Å². The lowest BCUT2D eigenvalue weighted by molar-refractivity contribution is -0.136. The zero-order valence-corrected chi connectivity index (χ0v) is 36.1. The Morgan fingerprint density at radius 2 is 1.42 bits per heavy atom. The number of rotatable bonds is 22. The maximum absolute atomic E-state index is 14.0. The fourth-order valence-electron chi connectivity index (χ4n) is 8.21. The highest BCUT2D eigenvalue weighted by molar-refractivity contribution is 7.90. The Labute approximate surface area is 361 Å². The predicted molar refractivity (Wildman–Crippen MR) is 230 cm³/mol. The van der Waals surface area contributed by atoms with Crippen LogP contribution < -0.4 is 25.4 Å². The van der Waals surface area contributed by atoms with Crippen molar-refractivity contribution >= 4 is 62.6 Å². The summed E-state index contributed by atoms with van der Waals surface area (Å²) in [5, 5.41) is 8.30. The van der Waals surface area contributed by atoms with E-state index < -0.39 is 63.1 Å². The summed E-state index contributed by atoms with van der Waals surface area (Å²) in [4.78, 5) is 93.0. The molecular weight excluding hydrogens is 819 g/mol. The first-order valence-corrected chi connectivity index (χ1v) is 23.2. The number of ether oxygens (including phenoxy) is 2. The Hall–Kier alpha value is -6.10. The van der Waals surface area contributed by atoms with Crippen LogP contribution >= 0.6 is 0 Å². The predicted octanol–water partition coefficient (Wildman–Crippen LogP) is 5.83. The van der Waals surface area contributed by atoms with Crippen molar-refractivity contribution in [2.75, 3.05) is 42.9 Å². The number of unbranched alkanes of at least 4 members (excludes halogenated alkanes) is 8. The van der Waals surface area contributed by atoms with Crippen molar-refractivity contribution in [1.29, 1.82) is 0 Å². The van der Waals surface area contributed by atoms with Crippen LogP contribution in [0, 0.1) is 0 Å². The fourth-order valence-corrected chi connectivity index (χ4v) is 9.13. The van der Waals surface area contributed by atoms with Gasteiger partial charge in [0.2, 0.25) is 17.7 Å². The molecule has 7 amide bonds. The van der Waals surface area contributed by atoms with Crippen LogP contribution in [0.2, 0.25) is 0 Å². The topological polar surface area (TPSA) is 215 Å². The van der Waals surface area contributed by atoms with E-state index in [-0.39, 0.29) is 53.1 Å². The van der Waals surface area contributed by atoms with Crippen LogP contribution in [0.1, 0.15) is 137 Å². The molecule has 0 radical (unpaired) electrons. The largest absolute Gasteiger partial charge is 0.493 e. The molecule has 3 heterocycles. The van der Waals surface area contributed by atoms with E-state index >= 15 is 0 Å². The van der Waals surface area contributed by atoms with Crippen LogP contribution in [0.25, 0.3) is 0 Å². The third-order valence-corrected chi connectivity index (χ3v) is 12.2. The molecular formula is C45H53N5O11S.